The lowest BCUT2D eigenvalue weighted by Crippen LogP contribution is -2.29. The molecule has 4 N–H and O–H groups in total. The summed E-state index contributed by atoms with van der Waals surface area (Å²) in [7, 11) is 0. The Labute approximate surface area is 108 Å². The average molecular weight is 253 g/mol. The standard InChI is InChI=1S/C14H23NO3/c1-14(2,3)7-11(16)9-15-8-10-4-5-12(17)13(18)6-10/h4-6,11,15-18H,7-9H2,1-3H3. The van der Waals surface area contributed by atoms with Crippen molar-refractivity contribution in [3.8, 4) is 11.5 Å². The zero-order valence-corrected chi connectivity index (χ0v) is 11.3. The van der Waals surface area contributed by atoms with E-state index in [1.165, 1.54) is 12.1 Å². The predicted octanol–water partition coefficient (Wildman–Crippen LogP) is 1.98. The molecule has 18 heavy (non-hydrogen) atoms. The second-order valence-electron chi connectivity index (χ2n) is 5.87. The van der Waals surface area contributed by atoms with Crippen molar-refractivity contribution in [2.75, 3.05) is 6.54 Å². The summed E-state index contributed by atoms with van der Waals surface area (Å²) in [5.41, 5.74) is 0.978. The summed E-state index contributed by atoms with van der Waals surface area (Å²) in [4.78, 5) is 0. The molecule has 1 atom stereocenters. The van der Waals surface area contributed by atoms with Gasteiger partial charge in [-0.3, -0.25) is 0 Å². The highest BCUT2D eigenvalue weighted by Crippen LogP contribution is 2.24. The first-order chi connectivity index (χ1) is 8.28. The Balaban J connectivity index is 2.35. The van der Waals surface area contributed by atoms with E-state index in [4.69, 9.17) is 0 Å². The van der Waals surface area contributed by atoms with Crippen LogP contribution in [0.5, 0.6) is 11.5 Å². The molecule has 0 saturated heterocycles. The first-order valence-electron chi connectivity index (χ1n) is 6.17. The number of benzene rings is 1. The highest BCUT2D eigenvalue weighted by Gasteiger charge is 2.16. The molecule has 0 aromatic heterocycles. The van der Waals surface area contributed by atoms with Crippen molar-refractivity contribution in [1.29, 1.82) is 0 Å². The summed E-state index contributed by atoms with van der Waals surface area (Å²) in [5.74, 6) is -0.240. The number of aromatic hydroxyl groups is 2. The summed E-state index contributed by atoms with van der Waals surface area (Å²) in [6.45, 7) is 7.34. The average Bonchev–Trinajstić information content (AvgIpc) is 2.20. The highest BCUT2D eigenvalue weighted by molar-refractivity contribution is 5.40. The van der Waals surface area contributed by atoms with E-state index in [9.17, 15) is 15.3 Å². The largest absolute Gasteiger partial charge is 0.504 e. The Kier molecular flexibility index (Phi) is 4.99. The van der Waals surface area contributed by atoms with Gasteiger partial charge in [0.15, 0.2) is 11.5 Å². The van der Waals surface area contributed by atoms with Crippen LogP contribution in [-0.4, -0.2) is 28.0 Å². The van der Waals surface area contributed by atoms with Gasteiger partial charge in [-0.15, -0.1) is 0 Å². The highest BCUT2D eigenvalue weighted by atomic mass is 16.3. The molecule has 0 spiro atoms. The molecule has 4 heteroatoms. The first-order valence-corrected chi connectivity index (χ1v) is 6.17. The van der Waals surface area contributed by atoms with Crippen molar-refractivity contribution < 1.29 is 15.3 Å². The van der Waals surface area contributed by atoms with Gasteiger partial charge in [0.25, 0.3) is 0 Å². The van der Waals surface area contributed by atoms with Crippen LogP contribution in [0.15, 0.2) is 18.2 Å². The molecule has 1 unspecified atom stereocenters. The van der Waals surface area contributed by atoms with Crippen LogP contribution in [0.4, 0.5) is 0 Å². The maximum absolute atomic E-state index is 9.81. The summed E-state index contributed by atoms with van der Waals surface area (Å²) < 4.78 is 0. The van der Waals surface area contributed by atoms with Crippen LogP contribution in [0.2, 0.25) is 0 Å². The number of nitrogens with one attached hydrogen (secondary N) is 1. The smallest absolute Gasteiger partial charge is 0.157 e. The predicted molar refractivity (Wildman–Crippen MR) is 71.6 cm³/mol. The SMILES string of the molecule is CC(C)(C)CC(O)CNCc1ccc(O)c(O)c1. The van der Waals surface area contributed by atoms with E-state index >= 15 is 0 Å². The first kappa shape index (κ1) is 14.8. The number of aliphatic hydroxyl groups is 1. The number of phenols is 2. The third kappa shape index (κ3) is 5.38. The molecular weight excluding hydrogens is 230 g/mol. The van der Waals surface area contributed by atoms with Gasteiger partial charge >= 0.3 is 0 Å². The Morgan fingerprint density at radius 2 is 1.83 bits per heavy atom. The maximum atomic E-state index is 9.81. The molecule has 0 aliphatic carbocycles. The molecule has 0 saturated carbocycles. The van der Waals surface area contributed by atoms with Gasteiger partial charge in [-0.25, -0.2) is 0 Å². The van der Waals surface area contributed by atoms with Crippen molar-refractivity contribution in [2.24, 2.45) is 5.41 Å². The zero-order valence-electron chi connectivity index (χ0n) is 11.3. The summed E-state index contributed by atoms with van der Waals surface area (Å²) in [6, 6.07) is 4.70. The fourth-order valence-corrected chi connectivity index (χ4v) is 1.84. The van der Waals surface area contributed by atoms with Crippen LogP contribution < -0.4 is 5.32 Å². The molecule has 0 bridgehead atoms. The van der Waals surface area contributed by atoms with Gasteiger partial charge in [-0.2, -0.15) is 0 Å². The molecule has 4 nitrogen and oxygen atoms in total. The molecule has 0 amide bonds. The minimum absolute atomic E-state index is 0.109. The molecule has 0 aliphatic heterocycles. The van der Waals surface area contributed by atoms with Crippen LogP contribution in [0.3, 0.4) is 0 Å². The number of rotatable bonds is 5. The van der Waals surface area contributed by atoms with Crippen LogP contribution in [0, 0.1) is 5.41 Å². The molecule has 1 aromatic rings. The second kappa shape index (κ2) is 6.07. The van der Waals surface area contributed by atoms with E-state index in [-0.39, 0.29) is 23.0 Å². The lowest BCUT2D eigenvalue weighted by Gasteiger charge is -2.22. The van der Waals surface area contributed by atoms with Crippen molar-refractivity contribution in [3.05, 3.63) is 23.8 Å². The van der Waals surface area contributed by atoms with Gasteiger partial charge in [-0.05, 0) is 29.5 Å². The van der Waals surface area contributed by atoms with Crippen LogP contribution in [0.25, 0.3) is 0 Å². The van der Waals surface area contributed by atoms with Crippen LogP contribution in [0.1, 0.15) is 32.8 Å². The van der Waals surface area contributed by atoms with E-state index in [0.717, 1.165) is 12.0 Å². The lowest BCUT2D eigenvalue weighted by atomic mass is 9.89. The van der Waals surface area contributed by atoms with Crippen molar-refractivity contribution in [3.63, 3.8) is 0 Å². The van der Waals surface area contributed by atoms with Crippen molar-refractivity contribution >= 4 is 0 Å². The molecule has 0 heterocycles. The summed E-state index contributed by atoms with van der Waals surface area (Å²) in [6.07, 6.45) is 0.358. The molecule has 1 aromatic carbocycles. The normalized spacial score (nSPS) is 13.6. The Bertz CT molecular complexity index is 385. The third-order valence-electron chi connectivity index (χ3n) is 2.60. The van der Waals surface area contributed by atoms with Crippen molar-refractivity contribution in [2.45, 2.75) is 39.8 Å². The third-order valence-corrected chi connectivity index (χ3v) is 2.60. The minimum Gasteiger partial charge on any atom is -0.504 e. The Morgan fingerprint density at radius 3 is 2.39 bits per heavy atom. The van der Waals surface area contributed by atoms with Crippen LogP contribution >= 0.6 is 0 Å². The Morgan fingerprint density at radius 1 is 1.17 bits per heavy atom. The van der Waals surface area contributed by atoms with E-state index in [1.54, 1.807) is 6.07 Å². The van der Waals surface area contributed by atoms with Gasteiger partial charge < -0.3 is 20.6 Å². The molecule has 102 valence electrons. The zero-order chi connectivity index (χ0) is 13.8. The minimum atomic E-state index is -0.379. The summed E-state index contributed by atoms with van der Waals surface area (Å²) in [5, 5.41) is 31.4. The van der Waals surface area contributed by atoms with E-state index in [2.05, 4.69) is 26.1 Å². The molecule has 1 rings (SSSR count). The topological polar surface area (TPSA) is 72.7 Å². The number of aliphatic hydroxyl groups excluding tert-OH is 1. The summed E-state index contributed by atoms with van der Waals surface area (Å²) >= 11 is 0. The van der Waals surface area contributed by atoms with Gasteiger partial charge in [-0.1, -0.05) is 26.8 Å². The quantitative estimate of drug-likeness (QED) is 0.606. The van der Waals surface area contributed by atoms with Crippen molar-refractivity contribution in [1.82, 2.24) is 5.32 Å². The number of hydrogen-bond donors (Lipinski definition) is 4. The number of phenolic OH excluding ortho intramolecular Hbond substituents is 2. The molecule has 0 aliphatic rings. The second-order valence-corrected chi connectivity index (χ2v) is 5.87. The number of hydrogen-bond acceptors (Lipinski definition) is 4. The lowest BCUT2D eigenvalue weighted by molar-refractivity contribution is 0.119. The maximum Gasteiger partial charge on any atom is 0.157 e. The van der Waals surface area contributed by atoms with Gasteiger partial charge in [0, 0.05) is 13.1 Å². The monoisotopic (exact) mass is 253 g/mol. The molecule has 0 fully saturated rings. The van der Waals surface area contributed by atoms with E-state index in [1.807, 2.05) is 0 Å². The van der Waals surface area contributed by atoms with Gasteiger partial charge in [0.2, 0.25) is 0 Å². The van der Waals surface area contributed by atoms with Gasteiger partial charge in [0.1, 0.15) is 0 Å². The van der Waals surface area contributed by atoms with E-state index in [0.29, 0.717) is 13.1 Å². The van der Waals surface area contributed by atoms with Crippen LogP contribution in [-0.2, 0) is 6.54 Å². The molecular formula is C14H23NO3. The molecule has 0 radical (unpaired) electrons. The Hall–Kier alpha value is -1.26. The van der Waals surface area contributed by atoms with E-state index < -0.39 is 0 Å². The van der Waals surface area contributed by atoms with Gasteiger partial charge in [0.05, 0.1) is 6.10 Å². The fourth-order valence-electron chi connectivity index (χ4n) is 1.84. The fraction of sp³-hybridized carbons (Fsp3) is 0.571.